The van der Waals surface area contributed by atoms with E-state index in [9.17, 15) is 4.39 Å². The van der Waals surface area contributed by atoms with Crippen molar-refractivity contribution in [1.29, 1.82) is 0 Å². The van der Waals surface area contributed by atoms with Gasteiger partial charge in [-0.1, -0.05) is 25.4 Å². The summed E-state index contributed by atoms with van der Waals surface area (Å²) in [5.74, 6) is 0.207. The van der Waals surface area contributed by atoms with Gasteiger partial charge in [-0.3, -0.25) is 0 Å². The van der Waals surface area contributed by atoms with Gasteiger partial charge in [-0.15, -0.1) is 0 Å². The van der Waals surface area contributed by atoms with Crippen LogP contribution in [0.1, 0.15) is 20.3 Å². The Morgan fingerprint density at radius 1 is 1.56 bits per heavy atom. The van der Waals surface area contributed by atoms with Crippen molar-refractivity contribution < 1.29 is 4.39 Å². The molecule has 1 fully saturated rings. The molecule has 0 aromatic heterocycles. The molecule has 2 nitrogen and oxygen atoms in total. The zero-order chi connectivity index (χ0) is 11.9. The van der Waals surface area contributed by atoms with E-state index >= 15 is 0 Å². The highest BCUT2D eigenvalue weighted by atomic mass is 35.5. The fourth-order valence-corrected chi connectivity index (χ4v) is 2.05. The monoisotopic (exact) mass is 242 g/mol. The lowest BCUT2D eigenvalue weighted by molar-refractivity contribution is 0.573. The zero-order valence-electron chi connectivity index (χ0n) is 9.48. The molecule has 4 heteroatoms. The number of benzene rings is 1. The Labute approximate surface area is 100.0 Å². The zero-order valence-corrected chi connectivity index (χ0v) is 10.2. The first kappa shape index (κ1) is 11.5. The second-order valence-electron chi connectivity index (χ2n) is 5.12. The van der Waals surface area contributed by atoms with E-state index in [1.807, 2.05) is 0 Å². The molecule has 0 aliphatic heterocycles. The predicted octanol–water partition coefficient (Wildman–Crippen LogP) is 3.52. The third-order valence-corrected chi connectivity index (χ3v) is 3.64. The van der Waals surface area contributed by atoms with Crippen LogP contribution in [-0.2, 0) is 0 Å². The van der Waals surface area contributed by atoms with E-state index in [-0.39, 0.29) is 5.02 Å². The molecule has 88 valence electrons. The lowest BCUT2D eigenvalue weighted by atomic mass is 10.1. The summed E-state index contributed by atoms with van der Waals surface area (Å²) in [5.41, 5.74) is 7.28. The fourth-order valence-electron chi connectivity index (χ4n) is 1.87. The van der Waals surface area contributed by atoms with Gasteiger partial charge in [-0.25, -0.2) is 4.39 Å². The average Bonchev–Trinajstić information content (AvgIpc) is 2.78. The Balaban J connectivity index is 2.02. The van der Waals surface area contributed by atoms with Crippen LogP contribution in [0.3, 0.4) is 0 Å². The van der Waals surface area contributed by atoms with Gasteiger partial charge in [0.05, 0.1) is 16.4 Å². The molecule has 1 unspecified atom stereocenters. The quantitative estimate of drug-likeness (QED) is 0.796. The number of nitrogens with one attached hydrogen (secondary N) is 1. The van der Waals surface area contributed by atoms with Crippen molar-refractivity contribution in [1.82, 2.24) is 0 Å². The highest BCUT2D eigenvalue weighted by Gasteiger charge is 2.44. The normalized spacial score (nSPS) is 21.9. The third-order valence-electron chi connectivity index (χ3n) is 3.35. The van der Waals surface area contributed by atoms with Crippen molar-refractivity contribution >= 4 is 23.0 Å². The molecule has 0 heterocycles. The van der Waals surface area contributed by atoms with Gasteiger partial charge in [0.25, 0.3) is 0 Å². The van der Waals surface area contributed by atoms with Gasteiger partial charge in [-0.2, -0.15) is 0 Å². The third kappa shape index (κ3) is 2.24. The van der Waals surface area contributed by atoms with Crippen LogP contribution in [0, 0.1) is 17.2 Å². The summed E-state index contributed by atoms with van der Waals surface area (Å²) >= 11 is 5.62. The van der Waals surface area contributed by atoms with Crippen LogP contribution < -0.4 is 11.1 Å². The highest BCUT2D eigenvalue weighted by Crippen LogP contribution is 2.51. The van der Waals surface area contributed by atoms with Crippen LogP contribution in [0.25, 0.3) is 0 Å². The minimum Gasteiger partial charge on any atom is -0.397 e. The minimum atomic E-state index is -0.437. The Bertz CT molecular complexity index is 418. The summed E-state index contributed by atoms with van der Waals surface area (Å²) < 4.78 is 13.2. The standard InChI is InChI=1S/C12H16ClFN2/c1-12(2)5-7(12)6-16-11-4-9(14)8(13)3-10(11)15/h3-4,7,16H,5-6,15H2,1-2H3. The molecule has 1 saturated carbocycles. The van der Waals surface area contributed by atoms with E-state index in [0.29, 0.717) is 22.7 Å². The van der Waals surface area contributed by atoms with Crippen molar-refractivity contribution in [3.05, 3.63) is 23.0 Å². The molecule has 3 N–H and O–H groups in total. The van der Waals surface area contributed by atoms with E-state index < -0.39 is 5.82 Å². The van der Waals surface area contributed by atoms with Crippen LogP contribution >= 0.6 is 11.6 Å². The van der Waals surface area contributed by atoms with Crippen molar-refractivity contribution in [3.8, 4) is 0 Å². The van der Waals surface area contributed by atoms with Gasteiger partial charge in [-0.05, 0) is 23.8 Å². The molecule has 1 aromatic rings. The summed E-state index contributed by atoms with van der Waals surface area (Å²) in [6.45, 7) is 5.29. The van der Waals surface area contributed by atoms with Crippen LogP contribution in [0.5, 0.6) is 0 Å². The Hall–Kier alpha value is -0.960. The number of halogens is 2. The van der Waals surface area contributed by atoms with Crippen LogP contribution in [-0.4, -0.2) is 6.54 Å². The molecular formula is C12H16ClFN2. The lowest BCUT2D eigenvalue weighted by Gasteiger charge is -2.11. The molecule has 0 bridgehead atoms. The summed E-state index contributed by atoms with van der Waals surface area (Å²) in [7, 11) is 0. The number of hydrogen-bond donors (Lipinski definition) is 2. The van der Waals surface area contributed by atoms with E-state index in [1.165, 1.54) is 18.6 Å². The molecule has 0 radical (unpaired) electrons. The van der Waals surface area contributed by atoms with Crippen molar-refractivity contribution in [2.75, 3.05) is 17.6 Å². The Morgan fingerprint density at radius 2 is 2.19 bits per heavy atom. The molecule has 1 aliphatic carbocycles. The Morgan fingerprint density at radius 3 is 2.75 bits per heavy atom. The topological polar surface area (TPSA) is 38.0 Å². The van der Waals surface area contributed by atoms with Crippen molar-refractivity contribution in [3.63, 3.8) is 0 Å². The largest absolute Gasteiger partial charge is 0.397 e. The summed E-state index contributed by atoms with van der Waals surface area (Å²) in [6, 6.07) is 2.80. The molecule has 1 aliphatic rings. The Kier molecular flexibility index (Phi) is 2.74. The van der Waals surface area contributed by atoms with Crippen molar-refractivity contribution in [2.45, 2.75) is 20.3 Å². The summed E-state index contributed by atoms with van der Waals surface area (Å²) in [5, 5.41) is 3.24. The first-order valence-corrected chi connectivity index (χ1v) is 5.76. The smallest absolute Gasteiger partial charge is 0.143 e. The maximum Gasteiger partial charge on any atom is 0.143 e. The van der Waals surface area contributed by atoms with E-state index in [0.717, 1.165) is 6.54 Å². The highest BCUT2D eigenvalue weighted by molar-refractivity contribution is 6.31. The van der Waals surface area contributed by atoms with E-state index in [4.69, 9.17) is 17.3 Å². The molecule has 1 atom stereocenters. The first-order valence-electron chi connectivity index (χ1n) is 5.38. The lowest BCUT2D eigenvalue weighted by Crippen LogP contribution is -2.09. The molecule has 0 saturated heterocycles. The number of hydrogen-bond acceptors (Lipinski definition) is 2. The second-order valence-corrected chi connectivity index (χ2v) is 5.53. The fraction of sp³-hybridized carbons (Fsp3) is 0.500. The number of rotatable bonds is 3. The molecule has 2 rings (SSSR count). The maximum absolute atomic E-state index is 13.2. The van der Waals surface area contributed by atoms with Gasteiger partial charge in [0, 0.05) is 12.6 Å². The van der Waals surface area contributed by atoms with Gasteiger partial charge in [0.15, 0.2) is 0 Å². The number of anilines is 2. The second kappa shape index (κ2) is 3.81. The van der Waals surface area contributed by atoms with Gasteiger partial charge in [0.2, 0.25) is 0 Å². The van der Waals surface area contributed by atoms with Gasteiger partial charge in [0.1, 0.15) is 5.82 Å². The first-order chi connectivity index (χ1) is 7.40. The number of nitrogen functional groups attached to an aromatic ring is 1. The number of nitrogens with two attached hydrogens (primary N) is 1. The van der Waals surface area contributed by atoms with Gasteiger partial charge >= 0.3 is 0 Å². The summed E-state index contributed by atoms with van der Waals surface area (Å²) in [4.78, 5) is 0. The SMILES string of the molecule is CC1(C)CC1CNc1cc(F)c(Cl)cc1N. The van der Waals surface area contributed by atoms with Crippen molar-refractivity contribution in [2.24, 2.45) is 11.3 Å². The predicted molar refractivity (Wildman–Crippen MR) is 66.2 cm³/mol. The van der Waals surface area contributed by atoms with Crippen LogP contribution in [0.2, 0.25) is 5.02 Å². The minimum absolute atomic E-state index is 0.0646. The average molecular weight is 243 g/mol. The van der Waals surface area contributed by atoms with Crippen LogP contribution in [0.15, 0.2) is 12.1 Å². The molecule has 0 spiro atoms. The maximum atomic E-state index is 13.2. The molecular weight excluding hydrogens is 227 g/mol. The molecule has 16 heavy (non-hydrogen) atoms. The van der Waals surface area contributed by atoms with E-state index in [1.54, 1.807) is 0 Å². The molecule has 0 amide bonds. The van der Waals surface area contributed by atoms with Crippen LogP contribution in [0.4, 0.5) is 15.8 Å². The van der Waals surface area contributed by atoms with E-state index in [2.05, 4.69) is 19.2 Å². The summed E-state index contributed by atoms with van der Waals surface area (Å²) in [6.07, 6.45) is 1.20. The molecule has 1 aromatic carbocycles. The van der Waals surface area contributed by atoms with Gasteiger partial charge < -0.3 is 11.1 Å².